The molecule has 2 fully saturated rings. The van der Waals surface area contributed by atoms with E-state index in [1.165, 1.54) is 57.8 Å². The van der Waals surface area contributed by atoms with Gasteiger partial charge in [0.25, 0.3) is 0 Å². The van der Waals surface area contributed by atoms with E-state index in [1.807, 2.05) is 0 Å². The van der Waals surface area contributed by atoms with Gasteiger partial charge in [0.05, 0.1) is 26.4 Å². The van der Waals surface area contributed by atoms with Crippen LogP contribution in [0.15, 0.2) is 12.2 Å². The largest absolute Gasteiger partial charge is 0.457 e. The van der Waals surface area contributed by atoms with Gasteiger partial charge < -0.3 is 64.2 Å². The Hall–Kier alpha value is -1.27. The quantitative estimate of drug-likeness (QED) is 0.0292. The minimum absolute atomic E-state index is 0.0621. The van der Waals surface area contributed by atoms with E-state index in [2.05, 4.69) is 26.0 Å². The van der Waals surface area contributed by atoms with Crippen molar-refractivity contribution in [2.75, 3.05) is 33.0 Å². The number of aliphatic hydroxyl groups is 7. The number of rotatable bonds is 32. The van der Waals surface area contributed by atoms with Crippen LogP contribution in [-0.2, 0) is 33.2 Å². The summed E-state index contributed by atoms with van der Waals surface area (Å²) in [7, 11) is 0. The molecule has 2 aliphatic heterocycles. The Morgan fingerprint density at radius 2 is 1.09 bits per heavy atom. The van der Waals surface area contributed by atoms with Crippen LogP contribution in [-0.4, -0.2) is 142 Å². The second kappa shape index (κ2) is 30.8. The molecule has 2 heterocycles. The third-order valence-electron chi connectivity index (χ3n) is 10.3. The number of carbonyl (C=O) groups excluding carboxylic acids is 1. The highest BCUT2D eigenvalue weighted by molar-refractivity contribution is 5.69. The van der Waals surface area contributed by atoms with Gasteiger partial charge >= 0.3 is 5.97 Å². The molecule has 14 nitrogen and oxygen atoms in total. The van der Waals surface area contributed by atoms with Gasteiger partial charge in [-0.2, -0.15) is 0 Å². The minimum Gasteiger partial charge on any atom is -0.457 e. The standard InChI is InChI=1S/C41H76O14/c1-3-5-7-9-11-13-15-16-18-20-22-24-33(43)53-30(27-50-25-23-21-19-17-14-12-10-8-6-4-2)28-51-40-39(49)37(47)35(45)32(55-40)29-52-41-38(48)36(46)34(44)31(26-42)54-41/h9,11,30-32,34-42,44-49H,3-8,10,12-29H2,1-2H3/b11-9-. The SMILES string of the molecule is CCCC/C=C\CCCCCCCC(=O)OC(COCCCCCCCCCCCC)COC1OC(COC2OC(CO)C(O)C(O)C2O)C(O)C(O)C1O. The smallest absolute Gasteiger partial charge is 0.306 e. The summed E-state index contributed by atoms with van der Waals surface area (Å²) in [6.07, 6.45) is 10.1. The summed E-state index contributed by atoms with van der Waals surface area (Å²) in [5.41, 5.74) is 0. The Balaban J connectivity index is 1.85. The Morgan fingerprint density at radius 3 is 1.71 bits per heavy atom. The van der Waals surface area contributed by atoms with Gasteiger partial charge in [0.2, 0.25) is 0 Å². The summed E-state index contributed by atoms with van der Waals surface area (Å²) in [5, 5.41) is 71.7. The van der Waals surface area contributed by atoms with E-state index in [0.717, 1.165) is 57.8 Å². The maximum atomic E-state index is 12.9. The second-order valence-corrected chi connectivity index (χ2v) is 15.2. The molecule has 11 atom stereocenters. The minimum atomic E-state index is -1.70. The van der Waals surface area contributed by atoms with Crippen LogP contribution >= 0.6 is 0 Å². The maximum Gasteiger partial charge on any atom is 0.306 e. The molecule has 0 aromatic rings. The average Bonchev–Trinajstić information content (AvgIpc) is 3.18. The zero-order valence-electron chi connectivity index (χ0n) is 33.7. The van der Waals surface area contributed by atoms with Crippen molar-refractivity contribution < 1.29 is 69.0 Å². The fourth-order valence-electron chi connectivity index (χ4n) is 6.68. The van der Waals surface area contributed by atoms with Gasteiger partial charge in [0.1, 0.15) is 54.9 Å². The maximum absolute atomic E-state index is 12.9. The van der Waals surface area contributed by atoms with Gasteiger partial charge in [-0.25, -0.2) is 0 Å². The molecule has 0 aromatic carbocycles. The topological polar surface area (TPSA) is 214 Å². The lowest BCUT2D eigenvalue weighted by Crippen LogP contribution is -2.61. The van der Waals surface area contributed by atoms with E-state index in [9.17, 15) is 40.5 Å². The molecule has 55 heavy (non-hydrogen) atoms. The average molecular weight is 793 g/mol. The van der Waals surface area contributed by atoms with Crippen LogP contribution in [0.1, 0.15) is 142 Å². The van der Waals surface area contributed by atoms with Crippen LogP contribution < -0.4 is 0 Å². The zero-order valence-corrected chi connectivity index (χ0v) is 33.7. The molecule has 0 aliphatic carbocycles. The highest BCUT2D eigenvalue weighted by atomic mass is 16.7. The summed E-state index contributed by atoms with van der Waals surface area (Å²) in [4.78, 5) is 12.9. The Bertz CT molecular complexity index is 969. The molecule has 2 saturated heterocycles. The van der Waals surface area contributed by atoms with Crippen molar-refractivity contribution in [2.45, 2.75) is 210 Å². The van der Waals surface area contributed by atoms with Crippen molar-refractivity contribution >= 4 is 5.97 Å². The number of unbranched alkanes of at least 4 members (excludes halogenated alkanes) is 16. The Morgan fingerprint density at radius 1 is 0.582 bits per heavy atom. The molecule has 0 spiro atoms. The van der Waals surface area contributed by atoms with Crippen LogP contribution in [0.25, 0.3) is 0 Å². The highest BCUT2D eigenvalue weighted by Crippen LogP contribution is 2.26. The van der Waals surface area contributed by atoms with Crippen molar-refractivity contribution in [2.24, 2.45) is 0 Å². The highest BCUT2D eigenvalue weighted by Gasteiger charge is 2.47. The molecule has 2 aliphatic rings. The Kier molecular flexibility index (Phi) is 27.9. The van der Waals surface area contributed by atoms with Crippen LogP contribution in [0.5, 0.6) is 0 Å². The number of allylic oxidation sites excluding steroid dienone is 2. The van der Waals surface area contributed by atoms with Gasteiger partial charge in [0.15, 0.2) is 12.6 Å². The number of hydrogen-bond acceptors (Lipinski definition) is 14. The summed E-state index contributed by atoms with van der Waals surface area (Å²) >= 11 is 0. The number of aliphatic hydroxyl groups excluding tert-OH is 7. The first-order valence-electron chi connectivity index (χ1n) is 21.3. The van der Waals surface area contributed by atoms with E-state index in [0.29, 0.717) is 13.0 Å². The molecule has 2 rings (SSSR count). The number of carbonyl (C=O) groups is 1. The molecule has 324 valence electrons. The molecular weight excluding hydrogens is 716 g/mol. The summed E-state index contributed by atoms with van der Waals surface area (Å²) in [6, 6.07) is 0. The van der Waals surface area contributed by atoms with Crippen LogP contribution in [0.3, 0.4) is 0 Å². The van der Waals surface area contributed by atoms with E-state index in [4.69, 9.17) is 28.4 Å². The van der Waals surface area contributed by atoms with Gasteiger partial charge in [0, 0.05) is 13.0 Å². The monoisotopic (exact) mass is 793 g/mol. The van der Waals surface area contributed by atoms with Crippen molar-refractivity contribution in [3.63, 3.8) is 0 Å². The number of esters is 1. The van der Waals surface area contributed by atoms with Gasteiger partial charge in [-0.3, -0.25) is 4.79 Å². The van der Waals surface area contributed by atoms with Crippen molar-refractivity contribution in [1.29, 1.82) is 0 Å². The van der Waals surface area contributed by atoms with E-state index in [-0.39, 0.29) is 25.6 Å². The first-order valence-corrected chi connectivity index (χ1v) is 21.3. The molecule has 0 radical (unpaired) electrons. The molecule has 7 N–H and O–H groups in total. The van der Waals surface area contributed by atoms with E-state index < -0.39 is 80.7 Å². The third kappa shape index (κ3) is 20.3. The molecule has 11 unspecified atom stereocenters. The van der Waals surface area contributed by atoms with Crippen molar-refractivity contribution in [1.82, 2.24) is 0 Å². The summed E-state index contributed by atoms with van der Waals surface area (Å²) in [5.74, 6) is -0.388. The normalized spacial score (nSPS) is 29.2. The first-order chi connectivity index (χ1) is 26.6. The molecular formula is C41H76O14. The number of hydrogen-bond donors (Lipinski definition) is 7. The molecule has 0 bridgehead atoms. The first kappa shape index (κ1) is 49.9. The van der Waals surface area contributed by atoms with Crippen molar-refractivity contribution in [3.8, 4) is 0 Å². The van der Waals surface area contributed by atoms with Gasteiger partial charge in [-0.1, -0.05) is 116 Å². The fraction of sp³-hybridized carbons (Fsp3) is 0.927. The van der Waals surface area contributed by atoms with E-state index >= 15 is 0 Å². The van der Waals surface area contributed by atoms with Crippen LogP contribution in [0, 0.1) is 0 Å². The van der Waals surface area contributed by atoms with Gasteiger partial charge in [-0.05, 0) is 32.1 Å². The van der Waals surface area contributed by atoms with Crippen molar-refractivity contribution in [3.05, 3.63) is 12.2 Å². The predicted molar refractivity (Wildman–Crippen MR) is 206 cm³/mol. The lowest BCUT2D eigenvalue weighted by atomic mass is 9.98. The zero-order chi connectivity index (χ0) is 40.3. The number of ether oxygens (including phenoxy) is 6. The molecule has 0 saturated carbocycles. The third-order valence-corrected chi connectivity index (χ3v) is 10.3. The van der Waals surface area contributed by atoms with Crippen LogP contribution in [0.4, 0.5) is 0 Å². The summed E-state index contributed by atoms with van der Waals surface area (Å²) < 4.78 is 34.0. The lowest BCUT2D eigenvalue weighted by molar-refractivity contribution is -0.332. The lowest BCUT2D eigenvalue weighted by Gasteiger charge is -2.42. The second-order valence-electron chi connectivity index (χ2n) is 15.2. The van der Waals surface area contributed by atoms with Gasteiger partial charge in [-0.15, -0.1) is 0 Å². The predicted octanol–water partition coefficient (Wildman–Crippen LogP) is 3.95. The summed E-state index contributed by atoms with van der Waals surface area (Å²) in [6.45, 7) is 3.61. The van der Waals surface area contributed by atoms with E-state index in [1.54, 1.807) is 0 Å². The fourth-order valence-corrected chi connectivity index (χ4v) is 6.68. The molecule has 0 amide bonds. The van der Waals surface area contributed by atoms with Crippen LogP contribution in [0.2, 0.25) is 0 Å². The molecule has 0 aromatic heterocycles. The molecule has 14 heteroatoms. The Labute approximate surface area is 329 Å².